The molecule has 0 aromatic heterocycles. The van der Waals surface area contributed by atoms with Crippen LogP contribution < -0.4 is 5.32 Å². The van der Waals surface area contributed by atoms with Gasteiger partial charge in [0.2, 0.25) is 0 Å². The molecule has 24 heavy (non-hydrogen) atoms. The Labute approximate surface area is 142 Å². The van der Waals surface area contributed by atoms with Crippen molar-refractivity contribution in [1.82, 2.24) is 5.32 Å². The van der Waals surface area contributed by atoms with Crippen LogP contribution in [0.2, 0.25) is 0 Å². The summed E-state index contributed by atoms with van der Waals surface area (Å²) in [7, 11) is 0. The lowest BCUT2D eigenvalue weighted by molar-refractivity contribution is -0.115. The Morgan fingerprint density at radius 2 is 1.75 bits per heavy atom. The van der Waals surface area contributed by atoms with Gasteiger partial charge >= 0.3 is 5.97 Å². The number of thioether (sulfide) groups is 1. The monoisotopic (exact) mass is 339 g/mol. The molecule has 0 atom stereocenters. The van der Waals surface area contributed by atoms with Gasteiger partial charge in [-0.15, -0.1) is 0 Å². The Kier molecular flexibility index (Phi) is 4.77. The summed E-state index contributed by atoms with van der Waals surface area (Å²) < 4.78 is 5.25. The smallest absolute Gasteiger partial charge is 0.338 e. The Morgan fingerprint density at radius 1 is 1.04 bits per heavy atom. The first-order valence-corrected chi connectivity index (χ1v) is 7.99. The van der Waals surface area contributed by atoms with Crippen molar-refractivity contribution in [3.8, 4) is 0 Å². The summed E-state index contributed by atoms with van der Waals surface area (Å²) in [5, 5.41) is 1.81. The van der Waals surface area contributed by atoms with Crippen molar-refractivity contribution in [2.24, 2.45) is 0 Å². The van der Waals surface area contributed by atoms with Crippen LogP contribution in [0.3, 0.4) is 0 Å². The number of esters is 1. The first-order valence-electron chi connectivity index (χ1n) is 7.18. The average molecular weight is 339 g/mol. The highest BCUT2D eigenvalue weighted by molar-refractivity contribution is 8.18. The molecule has 1 aliphatic heterocycles. The predicted molar refractivity (Wildman–Crippen MR) is 91.1 cm³/mol. The third kappa shape index (κ3) is 3.91. The van der Waals surface area contributed by atoms with Gasteiger partial charge in [0.15, 0.2) is 0 Å². The molecule has 2 aromatic rings. The van der Waals surface area contributed by atoms with E-state index in [1.54, 1.807) is 30.3 Å². The fraction of sp³-hybridized carbons (Fsp3) is 0.0556. The number of carbonyl (C=O) groups excluding carboxylic acids is 3. The largest absolute Gasteiger partial charge is 0.457 e. The van der Waals surface area contributed by atoms with Gasteiger partial charge in [0.25, 0.3) is 11.1 Å². The van der Waals surface area contributed by atoms with Crippen molar-refractivity contribution in [3.05, 3.63) is 76.2 Å². The molecule has 0 unspecified atom stereocenters. The highest BCUT2D eigenvalue weighted by atomic mass is 32.2. The van der Waals surface area contributed by atoms with Gasteiger partial charge in [-0.3, -0.25) is 14.9 Å². The van der Waals surface area contributed by atoms with Crippen molar-refractivity contribution in [3.63, 3.8) is 0 Å². The number of imide groups is 1. The number of rotatable bonds is 4. The summed E-state index contributed by atoms with van der Waals surface area (Å²) in [6.45, 7) is 0.213. The minimum atomic E-state index is -0.416. The lowest BCUT2D eigenvalue weighted by atomic mass is 10.1. The van der Waals surface area contributed by atoms with Crippen LogP contribution in [0.1, 0.15) is 21.5 Å². The Balaban J connectivity index is 1.64. The van der Waals surface area contributed by atoms with E-state index in [2.05, 4.69) is 5.32 Å². The van der Waals surface area contributed by atoms with E-state index in [1.165, 1.54) is 0 Å². The van der Waals surface area contributed by atoms with Gasteiger partial charge < -0.3 is 4.74 Å². The molecule has 0 saturated carbocycles. The highest BCUT2D eigenvalue weighted by Gasteiger charge is 2.24. The molecule has 0 bridgehead atoms. The summed E-state index contributed by atoms with van der Waals surface area (Å²) >= 11 is 0.855. The van der Waals surface area contributed by atoms with Gasteiger partial charge in [0, 0.05) is 0 Å². The van der Waals surface area contributed by atoms with E-state index in [1.807, 2.05) is 30.3 Å². The first-order chi connectivity index (χ1) is 11.6. The highest BCUT2D eigenvalue weighted by Crippen LogP contribution is 2.25. The van der Waals surface area contributed by atoms with Crippen molar-refractivity contribution in [2.45, 2.75) is 6.61 Å². The van der Waals surface area contributed by atoms with Crippen molar-refractivity contribution in [1.29, 1.82) is 0 Å². The molecular weight excluding hydrogens is 326 g/mol. The quantitative estimate of drug-likeness (QED) is 0.683. The molecule has 1 fully saturated rings. The van der Waals surface area contributed by atoms with Crippen LogP contribution in [0, 0.1) is 0 Å². The molecule has 3 rings (SSSR count). The molecule has 2 aromatic carbocycles. The molecule has 1 heterocycles. The number of ether oxygens (including phenoxy) is 1. The maximum atomic E-state index is 12.0. The third-order valence-electron chi connectivity index (χ3n) is 3.30. The Bertz CT molecular complexity index is 813. The second-order valence-corrected chi connectivity index (χ2v) is 6.05. The van der Waals surface area contributed by atoms with E-state index < -0.39 is 11.9 Å². The number of benzene rings is 2. The molecule has 5 nitrogen and oxygen atoms in total. The summed E-state index contributed by atoms with van der Waals surface area (Å²) in [6, 6.07) is 16.1. The Hall–Kier alpha value is -2.86. The zero-order valence-corrected chi connectivity index (χ0v) is 13.3. The molecule has 0 spiro atoms. The maximum Gasteiger partial charge on any atom is 0.338 e. The lowest BCUT2D eigenvalue weighted by Crippen LogP contribution is -2.17. The number of amides is 2. The summed E-state index contributed by atoms with van der Waals surface area (Å²) in [6.07, 6.45) is 1.60. The van der Waals surface area contributed by atoms with Crippen LogP contribution in [0.5, 0.6) is 0 Å². The fourth-order valence-corrected chi connectivity index (χ4v) is 2.78. The van der Waals surface area contributed by atoms with Gasteiger partial charge in [0.1, 0.15) is 6.61 Å². The van der Waals surface area contributed by atoms with Gasteiger partial charge in [-0.25, -0.2) is 4.79 Å². The molecule has 1 saturated heterocycles. The summed E-state index contributed by atoms with van der Waals surface area (Å²) in [5.41, 5.74) is 2.07. The second kappa shape index (κ2) is 7.14. The van der Waals surface area contributed by atoms with Crippen LogP contribution in [0.25, 0.3) is 6.08 Å². The summed E-state index contributed by atoms with van der Waals surface area (Å²) in [5.74, 6) is -0.822. The topological polar surface area (TPSA) is 72.5 Å². The molecule has 1 aliphatic rings. The molecular formula is C18H13NO4S. The van der Waals surface area contributed by atoms with Crippen LogP contribution in [-0.2, 0) is 16.1 Å². The zero-order valence-electron chi connectivity index (χ0n) is 12.5. The maximum absolute atomic E-state index is 12.0. The molecule has 0 radical (unpaired) electrons. The predicted octanol–water partition coefficient (Wildman–Crippen LogP) is 3.37. The van der Waals surface area contributed by atoms with Crippen LogP contribution in [0.15, 0.2) is 59.5 Å². The number of nitrogens with one attached hydrogen (secondary N) is 1. The number of hydrogen-bond acceptors (Lipinski definition) is 5. The van der Waals surface area contributed by atoms with E-state index in [-0.39, 0.29) is 11.8 Å². The minimum Gasteiger partial charge on any atom is -0.457 e. The molecule has 1 N–H and O–H groups in total. The van der Waals surface area contributed by atoms with Gasteiger partial charge in [-0.2, -0.15) is 0 Å². The molecule has 2 amide bonds. The molecule has 120 valence electrons. The lowest BCUT2D eigenvalue weighted by Gasteiger charge is -2.05. The van der Waals surface area contributed by atoms with Crippen molar-refractivity contribution in [2.75, 3.05) is 0 Å². The van der Waals surface area contributed by atoms with Crippen molar-refractivity contribution < 1.29 is 19.1 Å². The van der Waals surface area contributed by atoms with Crippen LogP contribution in [-0.4, -0.2) is 17.1 Å². The van der Waals surface area contributed by atoms with E-state index in [0.29, 0.717) is 10.5 Å². The molecule has 0 aliphatic carbocycles. The van der Waals surface area contributed by atoms with E-state index in [4.69, 9.17) is 4.74 Å². The van der Waals surface area contributed by atoms with Gasteiger partial charge in [-0.1, -0.05) is 42.5 Å². The molecule has 6 heteroatoms. The van der Waals surface area contributed by atoms with Crippen LogP contribution >= 0.6 is 11.8 Å². The van der Waals surface area contributed by atoms with E-state index >= 15 is 0 Å². The minimum absolute atomic E-state index is 0.213. The Morgan fingerprint density at radius 3 is 2.38 bits per heavy atom. The first kappa shape index (κ1) is 16.0. The zero-order chi connectivity index (χ0) is 16.9. The number of hydrogen-bond donors (Lipinski definition) is 1. The standard InChI is InChI=1S/C18H13NO4S/c20-16-15(24-18(22)19-16)10-12-6-8-14(9-7-12)17(21)23-11-13-4-2-1-3-5-13/h1-10H,11H2,(H,19,20,22). The average Bonchev–Trinajstić information content (AvgIpc) is 2.91. The second-order valence-electron chi connectivity index (χ2n) is 5.04. The normalized spacial score (nSPS) is 15.4. The SMILES string of the molecule is O=C1NC(=O)C(=Cc2ccc(C(=O)OCc3ccccc3)cc2)S1. The third-order valence-corrected chi connectivity index (χ3v) is 4.11. The van der Waals surface area contributed by atoms with Gasteiger partial charge in [0.05, 0.1) is 10.5 Å². The summed E-state index contributed by atoms with van der Waals surface area (Å²) in [4.78, 5) is 35.0. The number of carbonyl (C=O) groups is 3. The van der Waals surface area contributed by atoms with E-state index in [9.17, 15) is 14.4 Å². The van der Waals surface area contributed by atoms with E-state index in [0.717, 1.165) is 22.9 Å². The van der Waals surface area contributed by atoms with Gasteiger partial charge in [-0.05, 0) is 41.1 Å². The fourth-order valence-electron chi connectivity index (χ4n) is 2.09. The van der Waals surface area contributed by atoms with Crippen molar-refractivity contribution >= 4 is 35.0 Å². The van der Waals surface area contributed by atoms with Crippen LogP contribution in [0.4, 0.5) is 4.79 Å².